The van der Waals surface area contributed by atoms with Crippen LogP contribution in [0.2, 0.25) is 0 Å². The number of rotatable bonds is 6. The third-order valence-corrected chi connectivity index (χ3v) is 4.49. The molecule has 1 aliphatic heterocycles. The number of hydrogen-bond acceptors (Lipinski definition) is 2. The highest BCUT2D eigenvalue weighted by atomic mass is 15.1. The summed E-state index contributed by atoms with van der Waals surface area (Å²) in [5.41, 5.74) is 0.302. The second-order valence-electron chi connectivity index (χ2n) is 6.59. The molecule has 0 radical (unpaired) electrons. The number of piperidine rings is 1. The molecular weight excluding hydrogens is 208 g/mol. The normalized spacial score (nSPS) is 20.1. The molecular formula is C15H32N2. The van der Waals surface area contributed by atoms with Crippen LogP contribution in [0.1, 0.15) is 53.9 Å². The lowest BCUT2D eigenvalue weighted by Crippen LogP contribution is -2.45. The number of nitrogens with zero attached hydrogens (tertiary/aromatic N) is 1. The van der Waals surface area contributed by atoms with Gasteiger partial charge in [-0.15, -0.1) is 0 Å². The summed E-state index contributed by atoms with van der Waals surface area (Å²) in [6.45, 7) is 16.5. The van der Waals surface area contributed by atoms with Crippen molar-refractivity contribution in [1.82, 2.24) is 10.2 Å². The Balaban J connectivity index is 2.14. The summed E-state index contributed by atoms with van der Waals surface area (Å²) in [4.78, 5) is 2.62. The molecule has 1 rings (SSSR count). The third-order valence-electron chi connectivity index (χ3n) is 4.49. The smallest absolute Gasteiger partial charge is 0.0123 e. The number of nitrogens with one attached hydrogen (secondary N) is 1. The van der Waals surface area contributed by atoms with Crippen molar-refractivity contribution < 1.29 is 0 Å². The average Bonchev–Trinajstić information content (AvgIpc) is 2.29. The quantitative estimate of drug-likeness (QED) is 0.767. The molecule has 17 heavy (non-hydrogen) atoms. The van der Waals surface area contributed by atoms with Gasteiger partial charge in [0.1, 0.15) is 0 Å². The Hall–Kier alpha value is -0.0800. The van der Waals surface area contributed by atoms with Crippen LogP contribution in [0.4, 0.5) is 0 Å². The molecule has 0 aromatic heterocycles. The van der Waals surface area contributed by atoms with Crippen molar-refractivity contribution in [3.8, 4) is 0 Å². The van der Waals surface area contributed by atoms with Crippen LogP contribution in [0.3, 0.4) is 0 Å². The maximum absolute atomic E-state index is 3.65. The Bertz CT molecular complexity index is 203. The lowest BCUT2D eigenvalue weighted by Gasteiger charge is -2.34. The Kier molecular flexibility index (Phi) is 5.94. The first kappa shape index (κ1) is 15.0. The van der Waals surface area contributed by atoms with E-state index < -0.39 is 0 Å². The zero-order chi connectivity index (χ0) is 12.9. The van der Waals surface area contributed by atoms with Gasteiger partial charge in [0, 0.05) is 18.6 Å². The van der Waals surface area contributed by atoms with Gasteiger partial charge in [-0.1, -0.05) is 20.8 Å². The summed E-state index contributed by atoms with van der Waals surface area (Å²) in [5.74, 6) is 1.83. The van der Waals surface area contributed by atoms with Gasteiger partial charge in [-0.25, -0.2) is 0 Å². The average molecular weight is 240 g/mol. The van der Waals surface area contributed by atoms with Gasteiger partial charge in [-0.2, -0.15) is 0 Å². The second kappa shape index (κ2) is 6.75. The minimum atomic E-state index is 0.302. The van der Waals surface area contributed by atoms with E-state index >= 15 is 0 Å². The largest absolute Gasteiger partial charge is 0.311 e. The fourth-order valence-electron chi connectivity index (χ4n) is 2.52. The predicted octanol–water partition coefficient (Wildman–Crippen LogP) is 3.13. The summed E-state index contributed by atoms with van der Waals surface area (Å²) in [7, 11) is 0. The minimum Gasteiger partial charge on any atom is -0.311 e. The lowest BCUT2D eigenvalue weighted by atomic mass is 9.87. The Morgan fingerprint density at radius 3 is 2.29 bits per heavy atom. The van der Waals surface area contributed by atoms with Crippen molar-refractivity contribution in [1.29, 1.82) is 0 Å². The molecule has 0 aromatic carbocycles. The molecule has 0 spiro atoms. The van der Waals surface area contributed by atoms with Crippen LogP contribution < -0.4 is 5.32 Å². The first-order valence-corrected chi connectivity index (χ1v) is 7.42. The molecule has 1 heterocycles. The number of hydrogen-bond donors (Lipinski definition) is 1. The Labute approximate surface area is 108 Å². The summed E-state index contributed by atoms with van der Waals surface area (Å²) in [6, 6.07) is 0. The van der Waals surface area contributed by atoms with Gasteiger partial charge < -0.3 is 10.2 Å². The van der Waals surface area contributed by atoms with Gasteiger partial charge in [0.25, 0.3) is 0 Å². The SMILES string of the molecule is CCC(C)(C)NCCN1CCC(C(C)C)CC1. The standard InChI is InChI=1S/C15H32N2/c1-6-15(4,5)16-9-12-17-10-7-14(8-11-17)13(2)3/h13-14,16H,6-12H2,1-5H3. The molecule has 0 aromatic rings. The summed E-state index contributed by atoms with van der Waals surface area (Å²) >= 11 is 0. The monoisotopic (exact) mass is 240 g/mol. The maximum atomic E-state index is 3.65. The lowest BCUT2D eigenvalue weighted by molar-refractivity contribution is 0.155. The Morgan fingerprint density at radius 1 is 1.24 bits per heavy atom. The molecule has 2 nitrogen and oxygen atoms in total. The molecule has 1 N–H and O–H groups in total. The van der Waals surface area contributed by atoms with E-state index in [9.17, 15) is 0 Å². The van der Waals surface area contributed by atoms with E-state index in [0.29, 0.717) is 5.54 Å². The first-order valence-electron chi connectivity index (χ1n) is 7.42. The first-order chi connectivity index (χ1) is 7.94. The van der Waals surface area contributed by atoms with Gasteiger partial charge in [0.15, 0.2) is 0 Å². The van der Waals surface area contributed by atoms with Crippen molar-refractivity contribution >= 4 is 0 Å². The third kappa shape index (κ3) is 5.39. The summed E-state index contributed by atoms with van der Waals surface area (Å²) < 4.78 is 0. The molecule has 102 valence electrons. The van der Waals surface area contributed by atoms with E-state index in [1.54, 1.807) is 0 Å². The second-order valence-corrected chi connectivity index (χ2v) is 6.59. The highest BCUT2D eigenvalue weighted by molar-refractivity contribution is 4.78. The molecule has 0 aliphatic carbocycles. The van der Waals surface area contributed by atoms with E-state index in [-0.39, 0.29) is 0 Å². The van der Waals surface area contributed by atoms with Crippen molar-refractivity contribution in [3.63, 3.8) is 0 Å². The zero-order valence-electron chi connectivity index (χ0n) is 12.6. The van der Waals surface area contributed by atoms with Gasteiger partial charge in [0.2, 0.25) is 0 Å². The molecule has 1 saturated heterocycles. The molecule has 0 bridgehead atoms. The fraction of sp³-hybridized carbons (Fsp3) is 1.00. The van der Waals surface area contributed by atoms with Crippen LogP contribution in [0, 0.1) is 11.8 Å². The van der Waals surface area contributed by atoms with E-state index in [2.05, 4.69) is 44.8 Å². The minimum absolute atomic E-state index is 0.302. The molecule has 2 heteroatoms. The van der Waals surface area contributed by atoms with Crippen LogP contribution in [0.25, 0.3) is 0 Å². The van der Waals surface area contributed by atoms with Crippen LogP contribution >= 0.6 is 0 Å². The zero-order valence-corrected chi connectivity index (χ0v) is 12.6. The molecule has 1 aliphatic rings. The molecule has 0 amide bonds. The van der Waals surface area contributed by atoms with Crippen molar-refractivity contribution in [3.05, 3.63) is 0 Å². The van der Waals surface area contributed by atoms with Crippen LogP contribution in [-0.2, 0) is 0 Å². The van der Waals surface area contributed by atoms with Crippen LogP contribution in [0.15, 0.2) is 0 Å². The van der Waals surface area contributed by atoms with Crippen molar-refractivity contribution in [2.24, 2.45) is 11.8 Å². The van der Waals surface area contributed by atoms with E-state index in [4.69, 9.17) is 0 Å². The fourth-order valence-corrected chi connectivity index (χ4v) is 2.52. The van der Waals surface area contributed by atoms with Crippen LogP contribution in [-0.4, -0.2) is 36.6 Å². The topological polar surface area (TPSA) is 15.3 Å². The molecule has 0 unspecified atom stereocenters. The van der Waals surface area contributed by atoms with Gasteiger partial charge >= 0.3 is 0 Å². The number of likely N-dealkylation sites (tertiary alicyclic amines) is 1. The summed E-state index contributed by atoms with van der Waals surface area (Å²) in [6.07, 6.45) is 3.99. The highest BCUT2D eigenvalue weighted by Gasteiger charge is 2.21. The van der Waals surface area contributed by atoms with E-state index in [0.717, 1.165) is 18.4 Å². The molecule has 1 fully saturated rings. The van der Waals surface area contributed by atoms with Gasteiger partial charge in [-0.05, 0) is 58.0 Å². The predicted molar refractivity (Wildman–Crippen MR) is 76.4 cm³/mol. The summed E-state index contributed by atoms with van der Waals surface area (Å²) in [5, 5.41) is 3.65. The van der Waals surface area contributed by atoms with E-state index in [1.807, 2.05) is 0 Å². The highest BCUT2D eigenvalue weighted by Crippen LogP contribution is 2.24. The van der Waals surface area contributed by atoms with Crippen molar-refractivity contribution in [2.45, 2.75) is 59.4 Å². The van der Waals surface area contributed by atoms with E-state index in [1.165, 1.54) is 38.9 Å². The molecule has 0 atom stereocenters. The Morgan fingerprint density at radius 2 is 1.82 bits per heavy atom. The van der Waals surface area contributed by atoms with Gasteiger partial charge in [0.05, 0.1) is 0 Å². The maximum Gasteiger partial charge on any atom is 0.0123 e. The van der Waals surface area contributed by atoms with Crippen molar-refractivity contribution in [2.75, 3.05) is 26.2 Å². The van der Waals surface area contributed by atoms with Crippen LogP contribution in [0.5, 0.6) is 0 Å². The van der Waals surface area contributed by atoms with Gasteiger partial charge in [-0.3, -0.25) is 0 Å². The molecule has 0 saturated carbocycles.